The third kappa shape index (κ3) is 4.13. The van der Waals surface area contributed by atoms with Crippen molar-refractivity contribution >= 4 is 45.9 Å². The van der Waals surface area contributed by atoms with Crippen LogP contribution in [0.4, 0.5) is 26.4 Å². The normalized spacial score (nSPS) is 12.0. The number of aromatic nitrogens is 4. The second kappa shape index (κ2) is 8.67. The SMILES string of the molecule is CC(=O)c1c(N)nc(N)nc1NC(C)c1nc2cccc(Cl)c2c(=O)n1-c1cc(F)cc(F)c1. The van der Waals surface area contributed by atoms with Crippen LogP contribution in [0.15, 0.2) is 41.2 Å². The first-order chi connectivity index (χ1) is 16.1. The topological polar surface area (TPSA) is 142 Å². The Bertz CT molecular complexity index is 1500. The average Bonchev–Trinajstić information content (AvgIpc) is 2.71. The molecule has 0 fully saturated rings. The zero-order valence-electron chi connectivity index (χ0n) is 17.9. The summed E-state index contributed by atoms with van der Waals surface area (Å²) in [6.45, 7) is 2.89. The van der Waals surface area contributed by atoms with E-state index < -0.39 is 29.0 Å². The van der Waals surface area contributed by atoms with E-state index >= 15 is 0 Å². The van der Waals surface area contributed by atoms with Gasteiger partial charge in [0.15, 0.2) is 5.78 Å². The van der Waals surface area contributed by atoms with E-state index in [9.17, 15) is 18.4 Å². The van der Waals surface area contributed by atoms with Crippen molar-refractivity contribution in [2.75, 3.05) is 16.8 Å². The zero-order chi connectivity index (χ0) is 24.7. The van der Waals surface area contributed by atoms with Gasteiger partial charge in [0.2, 0.25) is 5.95 Å². The van der Waals surface area contributed by atoms with Crippen LogP contribution in [-0.2, 0) is 0 Å². The van der Waals surface area contributed by atoms with Crippen LogP contribution in [0.1, 0.15) is 36.1 Å². The molecule has 1 unspecified atom stereocenters. The molecule has 2 aromatic heterocycles. The third-order valence-electron chi connectivity index (χ3n) is 5.03. The van der Waals surface area contributed by atoms with Gasteiger partial charge in [-0.15, -0.1) is 0 Å². The van der Waals surface area contributed by atoms with Crippen molar-refractivity contribution < 1.29 is 13.6 Å². The average molecular weight is 486 g/mol. The lowest BCUT2D eigenvalue weighted by molar-refractivity contribution is 0.101. The molecule has 0 spiro atoms. The quantitative estimate of drug-likeness (QED) is 0.364. The molecule has 1 atom stereocenters. The van der Waals surface area contributed by atoms with Crippen LogP contribution in [-0.4, -0.2) is 25.3 Å². The summed E-state index contributed by atoms with van der Waals surface area (Å²) >= 11 is 6.24. The number of Topliss-reactive ketones (excluding diaryl/α,β-unsaturated/α-hetero) is 1. The minimum atomic E-state index is -0.886. The van der Waals surface area contributed by atoms with Crippen molar-refractivity contribution in [2.24, 2.45) is 0 Å². The smallest absolute Gasteiger partial charge is 0.267 e. The number of nitrogens with one attached hydrogen (secondary N) is 1. The Hall–Kier alpha value is -4.12. The molecule has 12 heteroatoms. The number of anilines is 3. The van der Waals surface area contributed by atoms with Gasteiger partial charge in [0.05, 0.1) is 27.7 Å². The van der Waals surface area contributed by atoms with Crippen LogP contribution in [0.25, 0.3) is 16.6 Å². The Kier molecular flexibility index (Phi) is 5.88. The maximum Gasteiger partial charge on any atom is 0.267 e. The minimum absolute atomic E-state index is 0.00409. The highest BCUT2D eigenvalue weighted by Gasteiger charge is 2.23. The highest BCUT2D eigenvalue weighted by molar-refractivity contribution is 6.35. The molecule has 4 rings (SSSR count). The number of hydrogen-bond acceptors (Lipinski definition) is 8. The second-order valence-corrected chi connectivity index (χ2v) is 7.89. The first-order valence-electron chi connectivity index (χ1n) is 9.95. The number of ketones is 1. The number of benzene rings is 2. The number of rotatable bonds is 5. The van der Waals surface area contributed by atoms with Gasteiger partial charge in [0, 0.05) is 6.07 Å². The Balaban J connectivity index is 1.97. The van der Waals surface area contributed by atoms with E-state index in [4.69, 9.17) is 23.1 Å². The number of nitrogens with two attached hydrogens (primary N) is 2. The molecule has 2 heterocycles. The monoisotopic (exact) mass is 485 g/mol. The van der Waals surface area contributed by atoms with Crippen molar-refractivity contribution in [1.29, 1.82) is 0 Å². The third-order valence-corrected chi connectivity index (χ3v) is 5.34. The zero-order valence-corrected chi connectivity index (χ0v) is 18.7. The van der Waals surface area contributed by atoms with Crippen LogP contribution in [0.5, 0.6) is 0 Å². The van der Waals surface area contributed by atoms with Gasteiger partial charge in [-0.25, -0.2) is 13.8 Å². The van der Waals surface area contributed by atoms with Crippen LogP contribution in [0.3, 0.4) is 0 Å². The summed E-state index contributed by atoms with van der Waals surface area (Å²) in [7, 11) is 0. The molecule has 0 radical (unpaired) electrons. The minimum Gasteiger partial charge on any atom is -0.383 e. The van der Waals surface area contributed by atoms with Crippen molar-refractivity contribution in [1.82, 2.24) is 19.5 Å². The first kappa shape index (κ1) is 23.1. The van der Waals surface area contributed by atoms with Crippen molar-refractivity contribution in [3.8, 4) is 5.69 Å². The molecule has 2 aromatic carbocycles. The number of fused-ring (bicyclic) bond motifs is 1. The van der Waals surface area contributed by atoms with Gasteiger partial charge in [0.1, 0.15) is 34.7 Å². The van der Waals surface area contributed by atoms with Gasteiger partial charge in [-0.2, -0.15) is 9.97 Å². The Morgan fingerprint density at radius 2 is 1.79 bits per heavy atom. The maximum absolute atomic E-state index is 14.0. The number of hydrogen-bond donors (Lipinski definition) is 3. The number of halogens is 3. The van der Waals surface area contributed by atoms with E-state index in [0.717, 1.165) is 16.7 Å². The summed E-state index contributed by atoms with van der Waals surface area (Å²) in [4.78, 5) is 38.0. The van der Waals surface area contributed by atoms with Gasteiger partial charge in [-0.1, -0.05) is 17.7 Å². The van der Waals surface area contributed by atoms with Gasteiger partial charge < -0.3 is 16.8 Å². The van der Waals surface area contributed by atoms with Crippen molar-refractivity contribution in [3.63, 3.8) is 0 Å². The fourth-order valence-electron chi connectivity index (χ4n) is 3.63. The second-order valence-electron chi connectivity index (χ2n) is 7.49. The van der Waals surface area contributed by atoms with Crippen molar-refractivity contribution in [2.45, 2.75) is 19.9 Å². The van der Waals surface area contributed by atoms with Crippen LogP contribution < -0.4 is 22.3 Å². The summed E-state index contributed by atoms with van der Waals surface area (Å²) in [5.74, 6) is -2.42. The Labute approximate surface area is 196 Å². The summed E-state index contributed by atoms with van der Waals surface area (Å²) in [6.07, 6.45) is 0. The highest BCUT2D eigenvalue weighted by Crippen LogP contribution is 2.27. The summed E-state index contributed by atoms with van der Waals surface area (Å²) in [6, 6.07) is 6.55. The van der Waals surface area contributed by atoms with E-state index in [1.54, 1.807) is 19.1 Å². The molecule has 0 saturated heterocycles. The molecule has 0 aliphatic rings. The highest BCUT2D eigenvalue weighted by atomic mass is 35.5. The van der Waals surface area contributed by atoms with Gasteiger partial charge in [-0.05, 0) is 38.1 Å². The molecule has 0 bridgehead atoms. The Morgan fingerprint density at radius 1 is 1.12 bits per heavy atom. The standard InChI is InChI=1S/C22H18ClF2N7O2/c1-9(28-19-16(10(2)33)18(26)30-22(27)31-19)20-29-15-5-3-4-14(23)17(15)21(34)32(20)13-7-11(24)6-12(25)8-13/h3-9H,1-2H3,(H5,26,27,28,30,31). The van der Waals surface area contributed by atoms with Gasteiger partial charge in [-0.3, -0.25) is 14.2 Å². The van der Waals surface area contributed by atoms with E-state index in [-0.39, 0.29) is 50.6 Å². The molecule has 0 aliphatic carbocycles. The van der Waals surface area contributed by atoms with E-state index in [2.05, 4.69) is 20.3 Å². The van der Waals surface area contributed by atoms with E-state index in [1.165, 1.54) is 13.0 Å². The number of carbonyl (C=O) groups excluding carboxylic acids is 1. The molecule has 34 heavy (non-hydrogen) atoms. The molecule has 9 nitrogen and oxygen atoms in total. The predicted molar refractivity (Wildman–Crippen MR) is 125 cm³/mol. The predicted octanol–water partition coefficient (Wildman–Crippen LogP) is 3.65. The molecule has 5 N–H and O–H groups in total. The molecule has 4 aromatic rings. The van der Waals surface area contributed by atoms with E-state index in [0.29, 0.717) is 6.07 Å². The maximum atomic E-state index is 14.0. The summed E-state index contributed by atoms with van der Waals surface area (Å²) in [5.41, 5.74) is 11.1. The molecular formula is C22H18ClF2N7O2. The van der Waals surface area contributed by atoms with Crippen LogP contribution in [0, 0.1) is 11.6 Å². The lowest BCUT2D eigenvalue weighted by atomic mass is 10.1. The fraction of sp³-hybridized carbons (Fsp3) is 0.136. The first-order valence-corrected chi connectivity index (χ1v) is 10.3. The van der Waals surface area contributed by atoms with Crippen LogP contribution >= 0.6 is 11.6 Å². The number of nitrogens with zero attached hydrogens (tertiary/aromatic N) is 4. The number of nitrogen functional groups attached to an aromatic ring is 2. The molecule has 0 amide bonds. The van der Waals surface area contributed by atoms with Crippen molar-refractivity contribution in [3.05, 3.63) is 74.8 Å². The molecular weight excluding hydrogens is 468 g/mol. The summed E-state index contributed by atoms with van der Waals surface area (Å²) < 4.78 is 29.1. The molecule has 0 aliphatic heterocycles. The van der Waals surface area contributed by atoms with Gasteiger partial charge >= 0.3 is 0 Å². The lowest BCUT2D eigenvalue weighted by Crippen LogP contribution is -2.28. The van der Waals surface area contributed by atoms with E-state index in [1.807, 2.05) is 0 Å². The van der Waals surface area contributed by atoms with Gasteiger partial charge in [0.25, 0.3) is 5.56 Å². The largest absolute Gasteiger partial charge is 0.383 e. The van der Waals surface area contributed by atoms with Crippen LogP contribution in [0.2, 0.25) is 5.02 Å². The molecule has 0 saturated carbocycles. The Morgan fingerprint density at radius 3 is 2.44 bits per heavy atom. The molecule has 174 valence electrons. The summed E-state index contributed by atoms with van der Waals surface area (Å²) in [5, 5.41) is 3.16. The number of carbonyl (C=O) groups is 1. The fourth-order valence-corrected chi connectivity index (χ4v) is 3.88. The lowest BCUT2D eigenvalue weighted by Gasteiger charge is -2.21.